The predicted octanol–water partition coefficient (Wildman–Crippen LogP) is 4.00. The third-order valence-corrected chi connectivity index (χ3v) is 13.7. The van der Waals surface area contributed by atoms with Crippen molar-refractivity contribution in [2.45, 2.75) is 132 Å². The third kappa shape index (κ3) is 7.18. The van der Waals surface area contributed by atoms with E-state index >= 15 is 0 Å². The van der Waals surface area contributed by atoms with E-state index in [9.17, 15) is 32.4 Å². The number of rotatable bonds is 5. The maximum absolute atomic E-state index is 14.7. The SMILES string of the molecule is CC(C)(C)OC(=O)NC1CCCCC/C=C\C2C[C@@]2(C(=O)NS(=O)(=O)C2(C)CC2)NC(=O)[C@@H]2C[C@]3(CCc4c(c(C=O)nc5ccccc45)O3)CN2C1=O. The number of sulfonamides is 1. The number of fused-ring (bicyclic) bond motifs is 5. The van der Waals surface area contributed by atoms with Crippen LogP contribution in [0.5, 0.6) is 5.75 Å². The molecule has 4 amide bonds. The molecule has 2 saturated carbocycles. The van der Waals surface area contributed by atoms with Crippen LogP contribution in [-0.2, 0) is 35.6 Å². The molecule has 290 valence electrons. The lowest BCUT2D eigenvalue weighted by Crippen LogP contribution is -2.58. The molecule has 5 atom stereocenters. The van der Waals surface area contributed by atoms with E-state index in [-0.39, 0.29) is 25.1 Å². The fraction of sp³-hybridized carbons (Fsp3) is 0.590. The summed E-state index contributed by atoms with van der Waals surface area (Å²) in [5.74, 6) is -2.12. The molecule has 2 aromatic rings. The first-order chi connectivity index (χ1) is 25.5. The number of nitrogens with zero attached hydrogens (tertiary/aromatic N) is 2. The summed E-state index contributed by atoms with van der Waals surface area (Å²) in [4.78, 5) is 74.5. The average molecular weight is 764 g/mol. The van der Waals surface area contributed by atoms with Gasteiger partial charge >= 0.3 is 6.09 Å². The Morgan fingerprint density at radius 2 is 1.85 bits per heavy atom. The smallest absolute Gasteiger partial charge is 0.408 e. The highest BCUT2D eigenvalue weighted by atomic mass is 32.2. The molecular weight excluding hydrogens is 715 g/mol. The van der Waals surface area contributed by atoms with Gasteiger partial charge in [-0.25, -0.2) is 18.2 Å². The molecule has 1 aromatic carbocycles. The number of aldehydes is 1. The van der Waals surface area contributed by atoms with Gasteiger partial charge in [-0.2, -0.15) is 0 Å². The second-order valence-electron chi connectivity index (χ2n) is 16.8. The minimum atomic E-state index is -4.01. The van der Waals surface area contributed by atoms with Crippen LogP contribution in [0.25, 0.3) is 10.9 Å². The zero-order chi connectivity index (χ0) is 38.7. The van der Waals surface area contributed by atoms with E-state index in [1.807, 2.05) is 36.4 Å². The molecule has 15 heteroatoms. The first-order valence-corrected chi connectivity index (χ1v) is 20.4. The second-order valence-corrected chi connectivity index (χ2v) is 19.0. The van der Waals surface area contributed by atoms with Crippen molar-refractivity contribution < 1.29 is 41.9 Å². The highest BCUT2D eigenvalue weighted by Crippen LogP contribution is 2.49. The van der Waals surface area contributed by atoms with Crippen molar-refractivity contribution in [2.75, 3.05) is 6.54 Å². The van der Waals surface area contributed by atoms with Crippen LogP contribution < -0.4 is 20.1 Å². The van der Waals surface area contributed by atoms with E-state index in [0.29, 0.717) is 62.5 Å². The highest BCUT2D eigenvalue weighted by molar-refractivity contribution is 7.91. The van der Waals surface area contributed by atoms with Gasteiger partial charge in [0.15, 0.2) is 12.0 Å². The first-order valence-electron chi connectivity index (χ1n) is 18.9. The molecule has 14 nitrogen and oxygen atoms in total. The standard InChI is InChI=1S/C39H49N5O9S/c1-36(2,3)53-35(49)41-28-15-9-7-5-6-8-12-24-20-39(24,34(48)43-54(50,51)37(4)18-19-37)42-32(46)30-21-38(23-44(30)33(28)47)17-16-26-25-13-10-11-14-27(25)40-29(22-45)31(26)52-38/h8,10-14,22,24,28,30H,5-7,9,15-21,23H2,1-4H3,(H,41,49)(H,42,46)(H,43,48)/b12-8-/t24?,28?,30-,38+,39+/m0/s1. The number of carbonyl (C=O) groups is 5. The fourth-order valence-electron chi connectivity index (χ4n) is 8.04. The Morgan fingerprint density at radius 1 is 1.09 bits per heavy atom. The van der Waals surface area contributed by atoms with Crippen LogP contribution >= 0.6 is 0 Å². The number of para-hydroxylation sites is 1. The third-order valence-electron chi connectivity index (χ3n) is 11.5. The number of amides is 4. The summed E-state index contributed by atoms with van der Waals surface area (Å²) in [5.41, 5.74) is -1.91. The van der Waals surface area contributed by atoms with Crippen molar-refractivity contribution in [3.63, 3.8) is 0 Å². The van der Waals surface area contributed by atoms with E-state index in [4.69, 9.17) is 9.47 Å². The van der Waals surface area contributed by atoms with Gasteiger partial charge in [-0.3, -0.25) is 23.9 Å². The molecule has 1 aromatic heterocycles. The zero-order valence-electron chi connectivity index (χ0n) is 31.2. The van der Waals surface area contributed by atoms with E-state index in [1.54, 1.807) is 27.7 Å². The minimum Gasteiger partial charge on any atom is -0.483 e. The van der Waals surface area contributed by atoms with Crippen molar-refractivity contribution in [2.24, 2.45) is 5.92 Å². The number of hydrogen-bond acceptors (Lipinski definition) is 10. The number of ether oxygens (including phenoxy) is 2. The molecule has 4 heterocycles. The Morgan fingerprint density at radius 3 is 2.57 bits per heavy atom. The Balaban J connectivity index is 1.24. The summed E-state index contributed by atoms with van der Waals surface area (Å²) in [6, 6.07) is 5.26. The Bertz CT molecular complexity index is 2040. The first kappa shape index (κ1) is 37.8. The molecule has 2 unspecified atom stereocenters. The van der Waals surface area contributed by atoms with Crippen LogP contribution in [0.2, 0.25) is 0 Å². The lowest BCUT2D eigenvalue weighted by Gasteiger charge is -2.36. The van der Waals surface area contributed by atoms with E-state index in [2.05, 4.69) is 20.3 Å². The van der Waals surface area contributed by atoms with Crippen molar-refractivity contribution in [1.29, 1.82) is 0 Å². The summed E-state index contributed by atoms with van der Waals surface area (Å²) >= 11 is 0. The molecular formula is C39H49N5O9S. The summed E-state index contributed by atoms with van der Waals surface area (Å²) in [7, 11) is -4.01. The number of pyridine rings is 1. The molecule has 3 N–H and O–H groups in total. The maximum Gasteiger partial charge on any atom is 0.408 e. The van der Waals surface area contributed by atoms with Crippen molar-refractivity contribution >= 4 is 51.0 Å². The largest absolute Gasteiger partial charge is 0.483 e. The minimum absolute atomic E-state index is 0.0167. The van der Waals surface area contributed by atoms with Crippen LogP contribution in [0.1, 0.15) is 108 Å². The Hall–Kier alpha value is -4.53. The molecule has 54 heavy (non-hydrogen) atoms. The Labute approximate surface area is 315 Å². The summed E-state index contributed by atoms with van der Waals surface area (Å²) in [6.07, 6.45) is 8.71. The molecule has 5 aliphatic rings. The molecule has 7 rings (SSSR count). The van der Waals surface area contributed by atoms with E-state index < -0.39 is 73.3 Å². The van der Waals surface area contributed by atoms with Gasteiger partial charge in [-0.15, -0.1) is 0 Å². The van der Waals surface area contributed by atoms with Gasteiger partial charge in [-0.1, -0.05) is 43.2 Å². The monoisotopic (exact) mass is 763 g/mol. The molecule has 1 saturated heterocycles. The van der Waals surface area contributed by atoms with E-state index in [1.165, 1.54) is 4.90 Å². The predicted molar refractivity (Wildman–Crippen MR) is 198 cm³/mol. The molecule has 3 fully saturated rings. The highest BCUT2D eigenvalue weighted by Gasteiger charge is 2.64. The van der Waals surface area contributed by atoms with Crippen LogP contribution in [0.4, 0.5) is 4.79 Å². The van der Waals surface area contributed by atoms with Crippen molar-refractivity contribution in [3.05, 3.63) is 47.7 Å². The number of aromatic nitrogens is 1. The number of alkyl carbamates (subject to hydrolysis) is 1. The summed E-state index contributed by atoms with van der Waals surface area (Å²) in [5, 5.41) is 6.49. The number of carbonyl (C=O) groups excluding carboxylic acids is 5. The van der Waals surface area contributed by atoms with Gasteiger partial charge in [0.25, 0.3) is 5.91 Å². The average Bonchev–Trinajstić information content (AvgIpc) is 4.00. The molecule has 2 aliphatic carbocycles. The zero-order valence-corrected chi connectivity index (χ0v) is 32.1. The van der Waals surface area contributed by atoms with Gasteiger partial charge in [0.05, 0.1) is 16.8 Å². The van der Waals surface area contributed by atoms with Crippen LogP contribution in [0.3, 0.4) is 0 Å². The second kappa shape index (κ2) is 13.6. The normalized spacial score (nSPS) is 29.9. The Kier molecular flexibility index (Phi) is 9.54. The van der Waals surface area contributed by atoms with Crippen molar-refractivity contribution in [3.8, 4) is 5.75 Å². The lowest BCUT2D eigenvalue weighted by atomic mass is 9.87. The number of aryl methyl sites for hydroxylation is 1. The van der Waals surface area contributed by atoms with Crippen LogP contribution in [0.15, 0.2) is 36.4 Å². The van der Waals surface area contributed by atoms with Gasteiger partial charge < -0.3 is 25.0 Å². The number of benzene rings is 1. The van der Waals surface area contributed by atoms with Crippen LogP contribution in [-0.4, -0.2) is 88.5 Å². The quantitative estimate of drug-likeness (QED) is 0.297. The number of hydrogen-bond donors (Lipinski definition) is 3. The van der Waals surface area contributed by atoms with Crippen molar-refractivity contribution in [1.82, 2.24) is 25.2 Å². The van der Waals surface area contributed by atoms with Gasteiger partial charge in [-0.05, 0) is 85.1 Å². The number of allylic oxidation sites excluding steroid dienone is 1. The molecule has 0 radical (unpaired) electrons. The lowest BCUT2D eigenvalue weighted by molar-refractivity contribution is -0.141. The number of nitrogens with one attached hydrogen (secondary N) is 3. The van der Waals surface area contributed by atoms with Gasteiger partial charge in [0, 0.05) is 23.3 Å². The molecule has 3 aliphatic heterocycles. The maximum atomic E-state index is 14.7. The summed E-state index contributed by atoms with van der Waals surface area (Å²) < 4.78 is 39.8. The van der Waals surface area contributed by atoms with Gasteiger partial charge in [0.2, 0.25) is 21.8 Å². The topological polar surface area (TPSA) is 190 Å². The molecule has 1 spiro atoms. The van der Waals surface area contributed by atoms with Crippen LogP contribution in [0, 0.1) is 5.92 Å². The summed E-state index contributed by atoms with van der Waals surface area (Å²) in [6.45, 7) is 6.70. The fourth-order valence-corrected chi connectivity index (χ4v) is 9.35. The van der Waals surface area contributed by atoms with E-state index in [0.717, 1.165) is 23.8 Å². The molecule has 0 bridgehead atoms. The van der Waals surface area contributed by atoms with Gasteiger partial charge in [0.1, 0.15) is 34.5 Å².